The zero-order chi connectivity index (χ0) is 17.8. The molecule has 3 unspecified atom stereocenters. The van der Waals surface area contributed by atoms with Gasteiger partial charge in [0, 0.05) is 6.07 Å². The Morgan fingerprint density at radius 3 is 2.44 bits per heavy atom. The molecular formula is C21H27FO3. The van der Waals surface area contributed by atoms with Crippen LogP contribution in [-0.2, 0) is 4.74 Å². The minimum atomic E-state index is -0.637. The van der Waals surface area contributed by atoms with Gasteiger partial charge in [-0.2, -0.15) is 0 Å². The molecule has 0 saturated heterocycles. The largest absolute Gasteiger partial charge is 0.490 e. The Hall–Kier alpha value is -1.58. The number of esters is 1. The van der Waals surface area contributed by atoms with Crippen molar-refractivity contribution in [3.05, 3.63) is 29.1 Å². The number of ether oxygens (including phenoxy) is 2. The fourth-order valence-electron chi connectivity index (χ4n) is 4.37. The molecule has 2 bridgehead atoms. The summed E-state index contributed by atoms with van der Waals surface area (Å²) in [6, 6.07) is 3.09. The van der Waals surface area contributed by atoms with Gasteiger partial charge in [-0.05, 0) is 88.7 Å². The average molecular weight is 346 g/mol. The summed E-state index contributed by atoms with van der Waals surface area (Å²) in [5.74, 6) is 1.28. The summed E-state index contributed by atoms with van der Waals surface area (Å²) < 4.78 is 26.2. The van der Waals surface area contributed by atoms with E-state index in [0.717, 1.165) is 30.7 Å². The van der Waals surface area contributed by atoms with Crippen LogP contribution in [0.15, 0.2) is 12.1 Å². The van der Waals surface area contributed by atoms with Gasteiger partial charge in [0.05, 0.1) is 5.56 Å². The Morgan fingerprint density at radius 1 is 1.12 bits per heavy atom. The second-order valence-electron chi connectivity index (χ2n) is 8.98. The molecule has 4 heteroatoms. The lowest BCUT2D eigenvalue weighted by molar-refractivity contribution is 0.00645. The smallest absolute Gasteiger partial charge is 0.341 e. The first kappa shape index (κ1) is 16.9. The molecule has 0 aromatic heterocycles. The Labute approximate surface area is 148 Å². The molecule has 3 atom stereocenters. The Bertz CT molecular complexity index is 687. The van der Waals surface area contributed by atoms with E-state index in [0.29, 0.717) is 17.6 Å². The number of halogens is 1. The number of hydrogen-bond acceptors (Lipinski definition) is 3. The third-order valence-corrected chi connectivity index (χ3v) is 5.69. The normalized spacial score (nSPS) is 28.2. The number of hydrogen-bond donors (Lipinski definition) is 0. The summed E-state index contributed by atoms with van der Waals surface area (Å²) in [4.78, 5) is 12.3. The average Bonchev–Trinajstić information content (AvgIpc) is 3.13. The van der Waals surface area contributed by atoms with Crippen molar-refractivity contribution in [1.29, 1.82) is 0 Å². The molecule has 3 aliphatic rings. The van der Waals surface area contributed by atoms with Crippen LogP contribution in [0.1, 0.15) is 81.1 Å². The van der Waals surface area contributed by atoms with Crippen LogP contribution < -0.4 is 4.74 Å². The molecule has 3 fully saturated rings. The summed E-state index contributed by atoms with van der Waals surface area (Å²) in [5.41, 5.74) is 0.365. The van der Waals surface area contributed by atoms with E-state index in [1.54, 1.807) is 26.8 Å². The first-order chi connectivity index (χ1) is 11.8. The number of carbonyl (C=O) groups excluding carboxylic acids is 1. The lowest BCUT2D eigenvalue weighted by atomic mass is 9.97. The van der Waals surface area contributed by atoms with Crippen LogP contribution in [0.25, 0.3) is 0 Å². The van der Waals surface area contributed by atoms with Crippen molar-refractivity contribution < 1.29 is 18.7 Å². The highest BCUT2D eigenvalue weighted by atomic mass is 19.1. The van der Waals surface area contributed by atoms with Gasteiger partial charge in [-0.25, -0.2) is 9.18 Å². The van der Waals surface area contributed by atoms with Crippen molar-refractivity contribution in [2.24, 2.45) is 11.8 Å². The van der Waals surface area contributed by atoms with Crippen molar-refractivity contribution in [1.82, 2.24) is 0 Å². The number of fused-ring (bicyclic) bond motifs is 2. The van der Waals surface area contributed by atoms with E-state index in [9.17, 15) is 9.18 Å². The van der Waals surface area contributed by atoms with E-state index in [1.165, 1.54) is 25.3 Å². The molecule has 0 aliphatic heterocycles. The molecule has 0 spiro atoms. The lowest BCUT2D eigenvalue weighted by Gasteiger charge is -2.25. The molecule has 1 aromatic carbocycles. The van der Waals surface area contributed by atoms with Crippen molar-refractivity contribution >= 4 is 5.97 Å². The number of carbonyl (C=O) groups is 1. The maximum Gasteiger partial charge on any atom is 0.341 e. The van der Waals surface area contributed by atoms with Crippen LogP contribution in [0.4, 0.5) is 4.39 Å². The van der Waals surface area contributed by atoms with Gasteiger partial charge in [-0.1, -0.05) is 0 Å². The Balaban J connectivity index is 1.59. The zero-order valence-corrected chi connectivity index (χ0v) is 15.3. The summed E-state index contributed by atoms with van der Waals surface area (Å²) in [7, 11) is 0. The maximum absolute atomic E-state index is 14.6. The highest BCUT2D eigenvalue weighted by Crippen LogP contribution is 2.49. The molecule has 1 aromatic rings. The minimum absolute atomic E-state index is 0.0251. The fraction of sp³-hybridized carbons (Fsp3) is 0.667. The maximum atomic E-state index is 14.6. The van der Waals surface area contributed by atoms with E-state index in [2.05, 4.69) is 0 Å². The monoisotopic (exact) mass is 346 g/mol. The second-order valence-corrected chi connectivity index (χ2v) is 8.98. The van der Waals surface area contributed by atoms with Gasteiger partial charge in [-0.15, -0.1) is 0 Å². The van der Waals surface area contributed by atoms with Gasteiger partial charge < -0.3 is 9.47 Å². The van der Waals surface area contributed by atoms with Gasteiger partial charge in [0.2, 0.25) is 0 Å². The van der Waals surface area contributed by atoms with Gasteiger partial charge in [-0.3, -0.25) is 0 Å². The SMILES string of the molecule is CC(C)(C)OC(=O)c1cc(C2CC2)c(OC2CC3CCC2C3)cc1F. The topological polar surface area (TPSA) is 35.5 Å². The zero-order valence-electron chi connectivity index (χ0n) is 15.3. The highest BCUT2D eigenvalue weighted by Gasteiger charge is 2.42. The molecule has 4 rings (SSSR count). The molecule has 136 valence electrons. The van der Waals surface area contributed by atoms with Crippen LogP contribution in [-0.4, -0.2) is 17.7 Å². The first-order valence-corrected chi connectivity index (χ1v) is 9.53. The molecule has 0 heterocycles. The van der Waals surface area contributed by atoms with Crippen LogP contribution >= 0.6 is 0 Å². The standard InChI is InChI=1S/C21H27FO3/c1-21(2,3)25-20(23)16-10-15(13-6-7-13)19(11-17(16)22)24-18-9-12-4-5-14(18)8-12/h10-14,18H,4-9H2,1-3H3. The van der Waals surface area contributed by atoms with Crippen LogP contribution in [0.3, 0.4) is 0 Å². The fourth-order valence-corrected chi connectivity index (χ4v) is 4.37. The predicted octanol–water partition coefficient (Wildman–Crippen LogP) is 5.23. The van der Waals surface area contributed by atoms with E-state index in [-0.39, 0.29) is 11.7 Å². The molecule has 0 N–H and O–H groups in total. The quantitative estimate of drug-likeness (QED) is 0.701. The molecule has 3 saturated carbocycles. The van der Waals surface area contributed by atoms with Gasteiger partial charge in [0.1, 0.15) is 23.3 Å². The van der Waals surface area contributed by atoms with Gasteiger partial charge in [0.15, 0.2) is 0 Å². The van der Waals surface area contributed by atoms with Crippen LogP contribution in [0.2, 0.25) is 0 Å². The van der Waals surface area contributed by atoms with E-state index >= 15 is 0 Å². The van der Waals surface area contributed by atoms with Crippen molar-refractivity contribution in [3.8, 4) is 5.75 Å². The van der Waals surface area contributed by atoms with Crippen molar-refractivity contribution in [3.63, 3.8) is 0 Å². The number of benzene rings is 1. The highest BCUT2D eigenvalue weighted by molar-refractivity contribution is 5.90. The molecule has 0 amide bonds. The Morgan fingerprint density at radius 2 is 1.88 bits per heavy atom. The van der Waals surface area contributed by atoms with Crippen molar-refractivity contribution in [2.75, 3.05) is 0 Å². The summed E-state index contributed by atoms with van der Waals surface area (Å²) >= 11 is 0. The summed E-state index contributed by atoms with van der Waals surface area (Å²) in [6.07, 6.45) is 7.24. The molecule has 25 heavy (non-hydrogen) atoms. The molecular weight excluding hydrogens is 319 g/mol. The van der Waals surface area contributed by atoms with Crippen LogP contribution in [0, 0.1) is 17.7 Å². The minimum Gasteiger partial charge on any atom is -0.490 e. The third-order valence-electron chi connectivity index (χ3n) is 5.69. The third kappa shape index (κ3) is 3.54. The lowest BCUT2D eigenvalue weighted by Crippen LogP contribution is -2.25. The number of rotatable bonds is 4. The van der Waals surface area contributed by atoms with E-state index in [4.69, 9.17) is 9.47 Å². The van der Waals surface area contributed by atoms with Gasteiger partial charge >= 0.3 is 5.97 Å². The first-order valence-electron chi connectivity index (χ1n) is 9.53. The van der Waals surface area contributed by atoms with E-state index < -0.39 is 17.4 Å². The second kappa shape index (κ2) is 6.00. The summed E-state index contributed by atoms with van der Waals surface area (Å²) in [6.45, 7) is 5.37. The Kier molecular flexibility index (Phi) is 4.04. The van der Waals surface area contributed by atoms with Crippen LogP contribution in [0.5, 0.6) is 5.75 Å². The van der Waals surface area contributed by atoms with Gasteiger partial charge in [0.25, 0.3) is 0 Å². The summed E-state index contributed by atoms with van der Waals surface area (Å²) in [5, 5.41) is 0. The van der Waals surface area contributed by atoms with Crippen molar-refractivity contribution in [2.45, 2.75) is 76.9 Å². The molecule has 0 radical (unpaired) electrons. The predicted molar refractivity (Wildman–Crippen MR) is 93.4 cm³/mol. The van der Waals surface area contributed by atoms with E-state index in [1.807, 2.05) is 0 Å². The molecule has 3 nitrogen and oxygen atoms in total. The molecule has 3 aliphatic carbocycles.